The lowest BCUT2D eigenvalue weighted by Crippen LogP contribution is -2.32. The predicted octanol–water partition coefficient (Wildman–Crippen LogP) is 3.12. The zero-order valence-corrected chi connectivity index (χ0v) is 14.2. The summed E-state index contributed by atoms with van der Waals surface area (Å²) in [6, 6.07) is 6.84. The van der Waals surface area contributed by atoms with Gasteiger partial charge in [-0.1, -0.05) is 13.0 Å². The van der Waals surface area contributed by atoms with Crippen LogP contribution in [0.4, 0.5) is 10.5 Å². The molecule has 2 heterocycles. The van der Waals surface area contributed by atoms with E-state index in [0.29, 0.717) is 5.69 Å². The number of urea groups is 1. The maximum Gasteiger partial charge on any atom is 0.319 e. The van der Waals surface area contributed by atoms with E-state index in [9.17, 15) is 9.59 Å². The summed E-state index contributed by atoms with van der Waals surface area (Å²) in [5.74, 6) is -0.209. The number of amides is 3. The fraction of sp³-hybridized carbons (Fsp3) is 0.312. The number of rotatable bonds is 5. The molecule has 6 nitrogen and oxygen atoms in total. The largest absolute Gasteiger partial charge is 0.343 e. The van der Waals surface area contributed by atoms with Crippen LogP contribution in [0.25, 0.3) is 0 Å². The number of aromatic nitrogens is 1. The van der Waals surface area contributed by atoms with Crippen molar-refractivity contribution in [3.8, 4) is 0 Å². The van der Waals surface area contributed by atoms with Gasteiger partial charge in [0, 0.05) is 30.9 Å². The van der Waals surface area contributed by atoms with Crippen molar-refractivity contribution in [1.29, 1.82) is 0 Å². The van der Waals surface area contributed by atoms with Gasteiger partial charge in [-0.2, -0.15) is 0 Å². The Morgan fingerprint density at radius 3 is 2.74 bits per heavy atom. The highest BCUT2D eigenvalue weighted by Crippen LogP contribution is 2.21. The highest BCUT2D eigenvalue weighted by Gasteiger charge is 2.15. The van der Waals surface area contributed by atoms with Crippen LogP contribution in [0.2, 0.25) is 0 Å². The smallest absolute Gasteiger partial charge is 0.319 e. The zero-order valence-electron chi connectivity index (χ0n) is 13.4. The monoisotopic (exact) mass is 332 g/mol. The fourth-order valence-corrected chi connectivity index (χ4v) is 2.90. The first kappa shape index (κ1) is 17.0. The van der Waals surface area contributed by atoms with Gasteiger partial charge in [0.15, 0.2) is 0 Å². The SMILES string of the molecule is CC[C@@H](NC(=O)Nc1ccnc(C(=O)N(C)C)c1)c1cccs1. The van der Waals surface area contributed by atoms with E-state index < -0.39 is 0 Å². The molecule has 2 aromatic heterocycles. The molecule has 2 aromatic rings. The molecule has 1 atom stereocenters. The van der Waals surface area contributed by atoms with Crippen LogP contribution in [-0.2, 0) is 0 Å². The Kier molecular flexibility index (Phi) is 5.70. The van der Waals surface area contributed by atoms with Crippen molar-refractivity contribution < 1.29 is 9.59 Å². The lowest BCUT2D eigenvalue weighted by atomic mass is 10.2. The van der Waals surface area contributed by atoms with Crippen LogP contribution < -0.4 is 10.6 Å². The van der Waals surface area contributed by atoms with E-state index in [1.54, 1.807) is 37.6 Å². The van der Waals surface area contributed by atoms with Crippen LogP contribution in [0.1, 0.15) is 34.8 Å². The lowest BCUT2D eigenvalue weighted by Gasteiger charge is -2.16. The van der Waals surface area contributed by atoms with Crippen LogP contribution in [0.3, 0.4) is 0 Å². The van der Waals surface area contributed by atoms with Gasteiger partial charge in [-0.25, -0.2) is 4.79 Å². The number of thiophene rings is 1. The van der Waals surface area contributed by atoms with Gasteiger partial charge in [-0.05, 0) is 30.0 Å². The van der Waals surface area contributed by atoms with Crippen molar-refractivity contribution in [2.75, 3.05) is 19.4 Å². The summed E-state index contributed by atoms with van der Waals surface area (Å²) in [5, 5.41) is 7.67. The van der Waals surface area contributed by atoms with Crippen LogP contribution in [-0.4, -0.2) is 35.9 Å². The van der Waals surface area contributed by atoms with Crippen molar-refractivity contribution in [3.05, 3.63) is 46.4 Å². The molecule has 0 bridgehead atoms. The summed E-state index contributed by atoms with van der Waals surface area (Å²) in [5.41, 5.74) is 0.821. The number of carbonyl (C=O) groups excluding carboxylic acids is 2. The summed E-state index contributed by atoms with van der Waals surface area (Å²) >= 11 is 1.61. The second kappa shape index (κ2) is 7.73. The summed E-state index contributed by atoms with van der Waals surface area (Å²) < 4.78 is 0. The summed E-state index contributed by atoms with van der Waals surface area (Å²) in [7, 11) is 3.31. The van der Waals surface area contributed by atoms with Crippen molar-refractivity contribution in [1.82, 2.24) is 15.2 Å². The van der Waals surface area contributed by atoms with Gasteiger partial charge in [0.1, 0.15) is 5.69 Å². The highest BCUT2D eigenvalue weighted by atomic mass is 32.1. The van der Waals surface area contributed by atoms with Crippen molar-refractivity contribution in [2.24, 2.45) is 0 Å². The second-order valence-corrected chi connectivity index (χ2v) is 6.18. The number of carbonyl (C=O) groups is 2. The zero-order chi connectivity index (χ0) is 16.8. The van der Waals surface area contributed by atoms with E-state index in [1.807, 2.05) is 24.4 Å². The molecule has 0 spiro atoms. The van der Waals surface area contributed by atoms with Crippen LogP contribution >= 0.6 is 11.3 Å². The molecule has 0 aromatic carbocycles. The molecule has 122 valence electrons. The molecule has 7 heteroatoms. The van der Waals surface area contributed by atoms with E-state index in [1.165, 1.54) is 11.1 Å². The highest BCUT2D eigenvalue weighted by molar-refractivity contribution is 7.10. The molecule has 0 radical (unpaired) electrons. The predicted molar refractivity (Wildman–Crippen MR) is 91.8 cm³/mol. The van der Waals surface area contributed by atoms with Gasteiger partial charge in [0.25, 0.3) is 5.91 Å². The summed E-state index contributed by atoms with van der Waals surface area (Å²) in [6.45, 7) is 2.02. The fourth-order valence-electron chi connectivity index (χ4n) is 2.04. The van der Waals surface area contributed by atoms with Gasteiger partial charge >= 0.3 is 6.03 Å². The molecule has 23 heavy (non-hydrogen) atoms. The molecular weight excluding hydrogens is 312 g/mol. The van der Waals surface area contributed by atoms with Crippen molar-refractivity contribution in [3.63, 3.8) is 0 Å². The summed E-state index contributed by atoms with van der Waals surface area (Å²) in [4.78, 5) is 30.6. The van der Waals surface area contributed by atoms with Gasteiger partial charge in [0.05, 0.1) is 6.04 Å². The number of anilines is 1. The Bertz CT molecular complexity index is 670. The van der Waals surface area contributed by atoms with Gasteiger partial charge in [-0.15, -0.1) is 11.3 Å². The number of pyridine rings is 1. The number of nitrogens with zero attached hydrogens (tertiary/aromatic N) is 2. The third kappa shape index (κ3) is 4.53. The topological polar surface area (TPSA) is 74.3 Å². The van der Waals surface area contributed by atoms with E-state index in [0.717, 1.165) is 11.3 Å². The van der Waals surface area contributed by atoms with Crippen LogP contribution in [0.5, 0.6) is 0 Å². The maximum absolute atomic E-state index is 12.2. The number of hydrogen-bond acceptors (Lipinski definition) is 4. The molecule has 0 unspecified atom stereocenters. The molecule has 0 aliphatic rings. The van der Waals surface area contributed by atoms with E-state index in [2.05, 4.69) is 15.6 Å². The van der Waals surface area contributed by atoms with Crippen molar-refractivity contribution in [2.45, 2.75) is 19.4 Å². The Morgan fingerprint density at radius 2 is 2.13 bits per heavy atom. The second-order valence-electron chi connectivity index (χ2n) is 5.20. The Balaban J connectivity index is 2.03. The van der Waals surface area contributed by atoms with E-state index in [4.69, 9.17) is 0 Å². The van der Waals surface area contributed by atoms with Gasteiger partial charge in [-0.3, -0.25) is 9.78 Å². The molecule has 2 N–H and O–H groups in total. The molecule has 0 saturated carbocycles. The lowest BCUT2D eigenvalue weighted by molar-refractivity contribution is 0.0822. The quantitative estimate of drug-likeness (QED) is 0.883. The molecule has 0 fully saturated rings. The first-order valence-corrected chi connectivity index (χ1v) is 8.17. The molecule has 2 rings (SSSR count). The minimum Gasteiger partial charge on any atom is -0.343 e. The standard InChI is InChI=1S/C16H20N4O2S/c1-4-12(14-6-5-9-23-14)19-16(22)18-11-7-8-17-13(10-11)15(21)20(2)3/h5-10,12H,4H2,1-3H3,(H2,17,18,19,22)/t12-/m1/s1. The van der Waals surface area contributed by atoms with Crippen LogP contribution in [0.15, 0.2) is 35.8 Å². The average Bonchev–Trinajstić information content (AvgIpc) is 3.06. The number of nitrogens with one attached hydrogen (secondary N) is 2. The third-order valence-electron chi connectivity index (χ3n) is 3.24. The number of hydrogen-bond donors (Lipinski definition) is 2. The molecule has 0 aliphatic heterocycles. The third-order valence-corrected chi connectivity index (χ3v) is 4.23. The first-order chi connectivity index (χ1) is 11.0. The van der Waals surface area contributed by atoms with Gasteiger partial charge in [0.2, 0.25) is 0 Å². The molecule has 0 aliphatic carbocycles. The molecule has 3 amide bonds. The Morgan fingerprint density at radius 1 is 1.35 bits per heavy atom. The average molecular weight is 332 g/mol. The minimum atomic E-state index is -0.306. The van der Waals surface area contributed by atoms with Crippen LogP contribution in [0, 0.1) is 0 Å². The molecular formula is C16H20N4O2S. The molecule has 0 saturated heterocycles. The first-order valence-electron chi connectivity index (χ1n) is 7.30. The maximum atomic E-state index is 12.2. The summed E-state index contributed by atoms with van der Waals surface area (Å²) in [6.07, 6.45) is 2.30. The van der Waals surface area contributed by atoms with Crippen molar-refractivity contribution >= 4 is 29.0 Å². The normalized spacial score (nSPS) is 11.6. The van der Waals surface area contributed by atoms with E-state index >= 15 is 0 Å². The Hall–Kier alpha value is -2.41. The van der Waals surface area contributed by atoms with Gasteiger partial charge < -0.3 is 15.5 Å². The van der Waals surface area contributed by atoms with E-state index in [-0.39, 0.29) is 23.7 Å². The minimum absolute atomic E-state index is 0.0280. The Labute approximate surface area is 139 Å².